The maximum atomic E-state index is 14.0. The van der Waals surface area contributed by atoms with Crippen LogP contribution in [0.5, 0.6) is 5.75 Å². The van der Waals surface area contributed by atoms with E-state index in [1.807, 2.05) is 56.3 Å². The molecular weight excluding hydrogens is 552 g/mol. The van der Waals surface area contributed by atoms with Gasteiger partial charge in [0, 0.05) is 30.5 Å². The Hall–Kier alpha value is -5.04. The molecule has 3 atom stereocenters. The molecule has 0 unspecified atom stereocenters. The Labute approximate surface area is 255 Å². The summed E-state index contributed by atoms with van der Waals surface area (Å²) in [6.07, 6.45) is 0.0799. The minimum atomic E-state index is -0.590. The van der Waals surface area contributed by atoms with Crippen LogP contribution in [0, 0.1) is 31.6 Å². The second-order valence-corrected chi connectivity index (χ2v) is 12.4. The number of anilines is 2. The molecular formula is C37H30N2O5. The number of amides is 3. The molecule has 5 aliphatic rings. The van der Waals surface area contributed by atoms with Crippen LogP contribution in [0.2, 0.25) is 0 Å². The first-order chi connectivity index (χ1) is 21.3. The van der Waals surface area contributed by atoms with Crippen molar-refractivity contribution in [3.63, 3.8) is 0 Å². The first kappa shape index (κ1) is 26.6. The van der Waals surface area contributed by atoms with Gasteiger partial charge in [0.05, 0.1) is 23.4 Å². The fourth-order valence-corrected chi connectivity index (χ4v) is 7.80. The van der Waals surface area contributed by atoms with Crippen LogP contribution in [0.15, 0.2) is 91.0 Å². The summed E-state index contributed by atoms with van der Waals surface area (Å²) in [7, 11) is 0. The van der Waals surface area contributed by atoms with E-state index in [-0.39, 0.29) is 42.5 Å². The van der Waals surface area contributed by atoms with Crippen LogP contribution >= 0.6 is 0 Å². The third kappa shape index (κ3) is 3.81. The SMILES string of the molecule is Cc1ccc(N2C[C@@H](C(=O)Oc3ccc(N4C(=O)[C@@H]5C6c7ccccc7C(c7ccccc76)[C@@H]5C4=O)cc3)CC2=O)cc1C. The number of aryl methyl sites for hydroxylation is 2. The topological polar surface area (TPSA) is 84.0 Å². The zero-order chi connectivity index (χ0) is 30.3. The highest BCUT2D eigenvalue weighted by Crippen LogP contribution is 2.61. The standard InChI is InChI=1S/C37H30N2O5/c1-20-11-12-24(17-21(20)2)38-19-22(18-30(38)40)37(43)44-25-15-13-23(14-16-25)39-35(41)33-31-26-7-3-4-8-27(26)32(34(33)36(39)42)29-10-6-5-9-28(29)31/h3-17,22,31-34H,18-19H2,1-2H3/t22-,31?,32?,33-,34+/m0/s1. The van der Waals surface area contributed by atoms with Crippen LogP contribution in [-0.4, -0.2) is 30.2 Å². The van der Waals surface area contributed by atoms with Crippen LogP contribution in [0.4, 0.5) is 11.4 Å². The summed E-state index contributed by atoms with van der Waals surface area (Å²) in [4.78, 5) is 56.7. The lowest BCUT2D eigenvalue weighted by Crippen LogP contribution is -2.41. The van der Waals surface area contributed by atoms with Gasteiger partial charge < -0.3 is 9.64 Å². The van der Waals surface area contributed by atoms with E-state index in [2.05, 4.69) is 24.3 Å². The molecule has 2 aliphatic heterocycles. The van der Waals surface area contributed by atoms with Gasteiger partial charge in [-0.25, -0.2) is 4.90 Å². The van der Waals surface area contributed by atoms with E-state index in [4.69, 9.17) is 4.74 Å². The molecule has 0 spiro atoms. The monoisotopic (exact) mass is 582 g/mol. The summed E-state index contributed by atoms with van der Waals surface area (Å²) < 4.78 is 5.66. The highest BCUT2D eigenvalue weighted by atomic mass is 16.5. The van der Waals surface area contributed by atoms with Crippen LogP contribution in [-0.2, 0) is 19.2 Å². The Morgan fingerprint density at radius 2 is 1.20 bits per heavy atom. The number of carbonyl (C=O) groups is 4. The van der Waals surface area contributed by atoms with E-state index >= 15 is 0 Å². The van der Waals surface area contributed by atoms with Crippen LogP contribution in [0.1, 0.15) is 51.6 Å². The van der Waals surface area contributed by atoms with Gasteiger partial charge in [-0.15, -0.1) is 0 Å². The molecule has 7 nitrogen and oxygen atoms in total. The predicted octanol–water partition coefficient (Wildman–Crippen LogP) is 5.66. The van der Waals surface area contributed by atoms with Gasteiger partial charge in [0.1, 0.15) is 5.75 Å². The molecule has 218 valence electrons. The highest BCUT2D eigenvalue weighted by Gasteiger charge is 2.61. The highest BCUT2D eigenvalue weighted by molar-refractivity contribution is 6.23. The number of carbonyl (C=O) groups excluding carboxylic acids is 4. The Kier molecular flexibility index (Phi) is 5.88. The Morgan fingerprint density at radius 3 is 1.73 bits per heavy atom. The average Bonchev–Trinajstić information content (AvgIpc) is 3.56. The zero-order valence-electron chi connectivity index (χ0n) is 24.4. The molecule has 9 rings (SSSR count). The van der Waals surface area contributed by atoms with E-state index in [1.54, 1.807) is 29.2 Å². The second kappa shape index (κ2) is 9.74. The van der Waals surface area contributed by atoms with Crippen molar-refractivity contribution in [3.8, 4) is 5.75 Å². The van der Waals surface area contributed by atoms with Crippen LogP contribution < -0.4 is 14.5 Å². The van der Waals surface area contributed by atoms with Crippen molar-refractivity contribution in [1.29, 1.82) is 0 Å². The Morgan fingerprint density at radius 1 is 0.682 bits per heavy atom. The fraction of sp³-hybridized carbons (Fsp3) is 0.243. The normalized spacial score (nSPS) is 24.8. The molecule has 0 radical (unpaired) electrons. The fourth-order valence-electron chi connectivity index (χ4n) is 7.80. The summed E-state index contributed by atoms with van der Waals surface area (Å²) in [5.41, 5.74) is 7.97. The summed E-state index contributed by atoms with van der Waals surface area (Å²) >= 11 is 0. The third-order valence-electron chi connectivity index (χ3n) is 10.0. The summed E-state index contributed by atoms with van der Waals surface area (Å²) in [5.74, 6) is -2.54. The largest absolute Gasteiger partial charge is 0.426 e. The molecule has 4 aromatic carbocycles. The lowest BCUT2D eigenvalue weighted by atomic mass is 9.55. The van der Waals surface area contributed by atoms with E-state index in [0.29, 0.717) is 11.4 Å². The minimum Gasteiger partial charge on any atom is -0.426 e. The van der Waals surface area contributed by atoms with E-state index in [9.17, 15) is 19.2 Å². The average molecular weight is 583 g/mol. The molecule has 7 heteroatoms. The lowest BCUT2D eigenvalue weighted by molar-refractivity contribution is -0.139. The number of ether oxygens (including phenoxy) is 1. The van der Waals surface area contributed by atoms with Crippen LogP contribution in [0.3, 0.4) is 0 Å². The van der Waals surface area contributed by atoms with E-state index < -0.39 is 23.7 Å². The van der Waals surface area contributed by atoms with Gasteiger partial charge in [-0.3, -0.25) is 19.2 Å². The molecule has 2 heterocycles. The molecule has 2 saturated heterocycles. The van der Waals surface area contributed by atoms with Gasteiger partial charge in [0.2, 0.25) is 17.7 Å². The first-order valence-electron chi connectivity index (χ1n) is 15.1. The van der Waals surface area contributed by atoms with Gasteiger partial charge in [-0.2, -0.15) is 0 Å². The van der Waals surface area contributed by atoms with Crippen LogP contribution in [0.25, 0.3) is 0 Å². The number of nitrogens with zero attached hydrogens (tertiary/aromatic N) is 2. The van der Waals surface area contributed by atoms with E-state index in [0.717, 1.165) is 39.1 Å². The molecule has 0 N–H and O–H groups in total. The molecule has 44 heavy (non-hydrogen) atoms. The number of benzene rings is 4. The number of rotatable bonds is 4. The lowest BCUT2D eigenvalue weighted by Gasteiger charge is -2.45. The third-order valence-corrected chi connectivity index (χ3v) is 10.0. The summed E-state index contributed by atoms with van der Waals surface area (Å²) in [6.45, 7) is 4.26. The maximum absolute atomic E-state index is 14.0. The number of hydrogen-bond donors (Lipinski definition) is 0. The number of imide groups is 1. The Balaban J connectivity index is 1.01. The van der Waals surface area contributed by atoms with Gasteiger partial charge in [0.25, 0.3) is 0 Å². The van der Waals surface area contributed by atoms with Crippen molar-refractivity contribution >= 4 is 35.1 Å². The zero-order valence-corrected chi connectivity index (χ0v) is 24.4. The van der Waals surface area contributed by atoms with Crippen molar-refractivity contribution in [2.24, 2.45) is 17.8 Å². The minimum absolute atomic E-state index is 0.0799. The molecule has 3 amide bonds. The van der Waals surface area contributed by atoms with Crippen molar-refractivity contribution in [1.82, 2.24) is 0 Å². The second-order valence-electron chi connectivity index (χ2n) is 12.4. The quantitative estimate of drug-likeness (QED) is 0.176. The number of esters is 1. The van der Waals surface area contributed by atoms with Gasteiger partial charge in [-0.1, -0.05) is 54.6 Å². The molecule has 0 saturated carbocycles. The molecule has 2 bridgehead atoms. The molecule has 3 aliphatic carbocycles. The first-order valence-corrected chi connectivity index (χ1v) is 15.1. The van der Waals surface area contributed by atoms with Gasteiger partial charge in [0.15, 0.2) is 0 Å². The van der Waals surface area contributed by atoms with Crippen molar-refractivity contribution in [2.45, 2.75) is 32.1 Å². The number of hydrogen-bond acceptors (Lipinski definition) is 5. The molecule has 4 aromatic rings. The van der Waals surface area contributed by atoms with Gasteiger partial charge >= 0.3 is 5.97 Å². The molecule has 0 aromatic heterocycles. The van der Waals surface area contributed by atoms with Crippen molar-refractivity contribution < 1.29 is 23.9 Å². The smallest absolute Gasteiger partial charge is 0.316 e. The summed E-state index contributed by atoms with van der Waals surface area (Å²) in [5, 5.41) is 0. The maximum Gasteiger partial charge on any atom is 0.316 e. The van der Waals surface area contributed by atoms with Crippen molar-refractivity contribution in [3.05, 3.63) is 124 Å². The molecule has 2 fully saturated rings. The van der Waals surface area contributed by atoms with E-state index in [1.165, 1.54) is 4.90 Å². The van der Waals surface area contributed by atoms with Gasteiger partial charge in [-0.05, 0) is 83.6 Å². The summed E-state index contributed by atoms with van der Waals surface area (Å²) in [6, 6.07) is 28.7. The van der Waals surface area contributed by atoms with Crippen molar-refractivity contribution in [2.75, 3.05) is 16.3 Å². The Bertz CT molecular complexity index is 1780. The predicted molar refractivity (Wildman–Crippen MR) is 164 cm³/mol.